The van der Waals surface area contributed by atoms with Crippen molar-refractivity contribution >= 4 is 35.1 Å². The molecule has 1 heterocycles. The van der Waals surface area contributed by atoms with Gasteiger partial charge in [0.2, 0.25) is 0 Å². The first-order valence-corrected chi connectivity index (χ1v) is 10.8. The van der Waals surface area contributed by atoms with Crippen molar-refractivity contribution in [2.75, 3.05) is 16.0 Å². The van der Waals surface area contributed by atoms with E-state index in [-0.39, 0.29) is 5.57 Å². The van der Waals surface area contributed by atoms with E-state index in [0.717, 1.165) is 17.0 Å². The largest absolute Gasteiger partial charge is 0.346 e. The number of carbonyl (C=O) groups is 2. The maximum absolute atomic E-state index is 12.8. The molecule has 0 radical (unpaired) electrons. The Labute approximate surface area is 192 Å². The first kappa shape index (κ1) is 21.9. The molecule has 0 atom stereocenters. The lowest BCUT2D eigenvalue weighted by Crippen LogP contribution is -2.19. The predicted molar refractivity (Wildman–Crippen MR) is 130 cm³/mol. The zero-order chi connectivity index (χ0) is 23.4. The van der Waals surface area contributed by atoms with Gasteiger partial charge in [-0.25, -0.2) is 4.79 Å². The van der Waals surface area contributed by atoms with Crippen LogP contribution in [-0.2, 0) is 4.79 Å². The molecule has 3 aromatic rings. The van der Waals surface area contributed by atoms with E-state index in [2.05, 4.69) is 20.5 Å². The van der Waals surface area contributed by atoms with Crippen molar-refractivity contribution in [1.29, 1.82) is 5.26 Å². The number of aryl methyl sites for hydroxylation is 1. The number of rotatable bonds is 6. The molecule has 1 fully saturated rings. The summed E-state index contributed by atoms with van der Waals surface area (Å²) < 4.78 is 2.27. The Morgan fingerprint density at radius 2 is 1.58 bits per heavy atom. The van der Waals surface area contributed by atoms with Gasteiger partial charge in [0.15, 0.2) is 0 Å². The van der Waals surface area contributed by atoms with Crippen molar-refractivity contribution in [1.82, 2.24) is 4.57 Å². The molecule has 0 saturated heterocycles. The lowest BCUT2D eigenvalue weighted by atomic mass is 10.1. The van der Waals surface area contributed by atoms with Gasteiger partial charge in [-0.3, -0.25) is 4.79 Å². The van der Waals surface area contributed by atoms with E-state index in [0.29, 0.717) is 23.1 Å². The van der Waals surface area contributed by atoms with Crippen molar-refractivity contribution in [3.63, 3.8) is 0 Å². The molecule has 4 rings (SSSR count). The molecule has 1 aliphatic rings. The van der Waals surface area contributed by atoms with Crippen LogP contribution in [0, 0.1) is 25.2 Å². The first-order chi connectivity index (χ1) is 15.9. The lowest BCUT2D eigenvalue weighted by molar-refractivity contribution is -0.112. The SMILES string of the molecule is Cc1cc(/C=C(\C#N)C(=O)Nc2cccc(NC(=O)Nc3ccccc3)c2)c(C)n1C1CC1. The number of carbonyl (C=O) groups excluding carboxylic acids is 2. The number of nitriles is 1. The molecular formula is C26H25N5O2. The third kappa shape index (κ3) is 5.31. The topological polar surface area (TPSA) is 99.0 Å². The van der Waals surface area contributed by atoms with Crippen LogP contribution in [0.3, 0.4) is 0 Å². The number of anilines is 3. The third-order valence-corrected chi connectivity index (χ3v) is 5.51. The van der Waals surface area contributed by atoms with Crippen molar-refractivity contribution in [2.45, 2.75) is 32.7 Å². The van der Waals surface area contributed by atoms with Crippen molar-refractivity contribution in [3.8, 4) is 6.07 Å². The number of benzene rings is 2. The minimum Gasteiger partial charge on any atom is -0.346 e. The summed E-state index contributed by atoms with van der Waals surface area (Å²) in [5, 5.41) is 17.8. The molecule has 33 heavy (non-hydrogen) atoms. The van der Waals surface area contributed by atoms with Gasteiger partial charge in [-0.2, -0.15) is 5.26 Å². The van der Waals surface area contributed by atoms with Gasteiger partial charge in [0.25, 0.3) is 5.91 Å². The van der Waals surface area contributed by atoms with Gasteiger partial charge >= 0.3 is 6.03 Å². The van der Waals surface area contributed by atoms with Crippen LogP contribution in [0.5, 0.6) is 0 Å². The third-order valence-electron chi connectivity index (χ3n) is 5.51. The Hall–Kier alpha value is -4.31. The Morgan fingerprint density at radius 1 is 0.939 bits per heavy atom. The molecule has 0 bridgehead atoms. The Kier molecular flexibility index (Phi) is 6.27. The van der Waals surface area contributed by atoms with Crippen LogP contribution in [0.4, 0.5) is 21.9 Å². The van der Waals surface area contributed by atoms with E-state index in [4.69, 9.17) is 0 Å². The van der Waals surface area contributed by atoms with Gasteiger partial charge in [-0.1, -0.05) is 24.3 Å². The molecule has 1 aliphatic carbocycles. The number of para-hydroxylation sites is 1. The van der Waals surface area contributed by atoms with Crippen molar-refractivity contribution in [2.24, 2.45) is 0 Å². The zero-order valence-electron chi connectivity index (χ0n) is 18.6. The lowest BCUT2D eigenvalue weighted by Gasteiger charge is -2.10. The van der Waals surface area contributed by atoms with Crippen LogP contribution < -0.4 is 16.0 Å². The van der Waals surface area contributed by atoms with E-state index >= 15 is 0 Å². The van der Waals surface area contributed by atoms with Crippen LogP contribution in [0.2, 0.25) is 0 Å². The van der Waals surface area contributed by atoms with Gasteiger partial charge < -0.3 is 20.5 Å². The fraction of sp³-hybridized carbons (Fsp3) is 0.192. The summed E-state index contributed by atoms with van der Waals surface area (Å²) >= 11 is 0. The van der Waals surface area contributed by atoms with E-state index in [9.17, 15) is 14.9 Å². The maximum Gasteiger partial charge on any atom is 0.323 e. The van der Waals surface area contributed by atoms with Crippen LogP contribution >= 0.6 is 0 Å². The highest BCUT2D eigenvalue weighted by molar-refractivity contribution is 6.10. The number of amides is 3. The molecule has 3 N–H and O–H groups in total. The second kappa shape index (κ2) is 9.45. The molecular weight excluding hydrogens is 414 g/mol. The number of nitrogens with one attached hydrogen (secondary N) is 3. The second-order valence-corrected chi connectivity index (χ2v) is 8.08. The summed E-state index contributed by atoms with van der Waals surface area (Å²) in [5.41, 5.74) is 4.74. The summed E-state index contributed by atoms with van der Waals surface area (Å²) in [6, 6.07) is 20.0. The van der Waals surface area contributed by atoms with E-state index in [1.54, 1.807) is 42.5 Å². The Balaban J connectivity index is 1.44. The smallest absolute Gasteiger partial charge is 0.323 e. The monoisotopic (exact) mass is 439 g/mol. The van der Waals surface area contributed by atoms with Crippen LogP contribution in [0.15, 0.2) is 66.2 Å². The molecule has 0 aliphatic heterocycles. The number of hydrogen-bond donors (Lipinski definition) is 3. The van der Waals surface area contributed by atoms with Gasteiger partial charge in [-0.05, 0) is 74.7 Å². The standard InChI is InChI=1S/C26H25N5O2/c1-17-13-19(18(2)31(17)24-11-12-24)14-20(16-27)25(32)28-22-9-6-10-23(15-22)30-26(33)29-21-7-4-3-5-8-21/h3-10,13-15,24H,11-12H2,1-2H3,(H,28,32)(H2,29,30,33)/b20-14+. The fourth-order valence-electron chi connectivity index (χ4n) is 3.84. The number of urea groups is 1. The highest BCUT2D eigenvalue weighted by Gasteiger charge is 2.26. The minimum atomic E-state index is -0.500. The number of hydrogen-bond acceptors (Lipinski definition) is 3. The van der Waals surface area contributed by atoms with Crippen molar-refractivity contribution in [3.05, 3.63) is 83.2 Å². The highest BCUT2D eigenvalue weighted by atomic mass is 16.2. The summed E-state index contributed by atoms with van der Waals surface area (Å²) in [6.45, 7) is 4.06. The van der Waals surface area contributed by atoms with Gasteiger partial charge in [0, 0.05) is 34.5 Å². The normalized spacial score (nSPS) is 13.2. The average molecular weight is 440 g/mol. The average Bonchev–Trinajstić information content (AvgIpc) is 3.58. The summed E-state index contributed by atoms with van der Waals surface area (Å²) in [7, 11) is 0. The molecule has 7 nitrogen and oxygen atoms in total. The highest BCUT2D eigenvalue weighted by Crippen LogP contribution is 2.38. The summed E-state index contributed by atoms with van der Waals surface area (Å²) in [4.78, 5) is 25.0. The van der Waals surface area contributed by atoms with Crippen LogP contribution in [0.1, 0.15) is 35.8 Å². The number of aromatic nitrogens is 1. The van der Waals surface area contributed by atoms with Crippen LogP contribution in [0.25, 0.3) is 6.08 Å². The van der Waals surface area contributed by atoms with E-state index in [1.165, 1.54) is 12.8 Å². The Bertz CT molecular complexity index is 1260. The summed E-state index contributed by atoms with van der Waals surface area (Å²) in [5.74, 6) is -0.500. The van der Waals surface area contributed by atoms with Gasteiger partial charge in [0.05, 0.1) is 0 Å². The zero-order valence-corrected chi connectivity index (χ0v) is 18.6. The van der Waals surface area contributed by atoms with E-state index < -0.39 is 11.9 Å². The molecule has 2 aromatic carbocycles. The second-order valence-electron chi connectivity index (χ2n) is 8.08. The predicted octanol–water partition coefficient (Wildman–Crippen LogP) is 5.63. The number of nitrogens with zero attached hydrogens (tertiary/aromatic N) is 2. The van der Waals surface area contributed by atoms with E-state index in [1.807, 2.05) is 44.2 Å². The molecule has 3 amide bonds. The molecule has 0 unspecified atom stereocenters. The minimum absolute atomic E-state index is 0.0197. The molecule has 166 valence electrons. The van der Waals surface area contributed by atoms with Gasteiger partial charge in [-0.15, -0.1) is 0 Å². The quantitative estimate of drug-likeness (QED) is 0.343. The van der Waals surface area contributed by atoms with Gasteiger partial charge in [0.1, 0.15) is 11.6 Å². The Morgan fingerprint density at radius 3 is 2.24 bits per heavy atom. The fourth-order valence-corrected chi connectivity index (χ4v) is 3.84. The molecule has 1 aromatic heterocycles. The van der Waals surface area contributed by atoms with Crippen LogP contribution in [-0.4, -0.2) is 16.5 Å². The maximum atomic E-state index is 12.8. The summed E-state index contributed by atoms with van der Waals surface area (Å²) in [6.07, 6.45) is 3.96. The molecule has 0 spiro atoms. The molecule has 1 saturated carbocycles. The molecule has 7 heteroatoms. The van der Waals surface area contributed by atoms with Crippen molar-refractivity contribution < 1.29 is 9.59 Å². The first-order valence-electron chi connectivity index (χ1n) is 10.8.